The van der Waals surface area contributed by atoms with E-state index in [1.807, 2.05) is 6.92 Å². The number of aromatic carboxylic acids is 1. The average molecular weight is 358 g/mol. The van der Waals surface area contributed by atoms with Crippen molar-refractivity contribution < 1.29 is 44.9 Å². The van der Waals surface area contributed by atoms with Gasteiger partial charge in [-0.2, -0.15) is 0 Å². The standard InChI is InChI=1S/C16H22O9/c1-2-3-7-4-8(18)5-9(11(7)15(22)23)24-16-14(21)13(20)12(19)10(6-17)25-16/h4-5,10,12-14,16-21H,2-3,6H2,1H3,(H,22,23). The molecule has 0 bridgehead atoms. The number of aromatic hydroxyl groups is 1. The number of aliphatic hydroxyl groups is 4. The highest BCUT2D eigenvalue weighted by Gasteiger charge is 2.45. The molecule has 5 atom stereocenters. The molecule has 25 heavy (non-hydrogen) atoms. The van der Waals surface area contributed by atoms with Crippen LogP contribution >= 0.6 is 0 Å². The summed E-state index contributed by atoms with van der Waals surface area (Å²) in [5.41, 5.74) is 0.145. The fourth-order valence-corrected chi connectivity index (χ4v) is 2.75. The third kappa shape index (κ3) is 4.02. The van der Waals surface area contributed by atoms with Gasteiger partial charge in [-0.05, 0) is 18.1 Å². The number of rotatable bonds is 6. The largest absolute Gasteiger partial charge is 0.508 e. The summed E-state index contributed by atoms with van der Waals surface area (Å²) < 4.78 is 10.6. The van der Waals surface area contributed by atoms with Gasteiger partial charge in [-0.3, -0.25) is 0 Å². The maximum atomic E-state index is 11.6. The summed E-state index contributed by atoms with van der Waals surface area (Å²) in [4.78, 5) is 11.6. The summed E-state index contributed by atoms with van der Waals surface area (Å²) in [5.74, 6) is -1.77. The second kappa shape index (κ2) is 7.98. The Bertz CT molecular complexity index is 616. The van der Waals surface area contributed by atoms with Crippen LogP contribution in [0.2, 0.25) is 0 Å². The van der Waals surface area contributed by atoms with Gasteiger partial charge in [0.05, 0.1) is 6.61 Å². The quantitative estimate of drug-likeness (QED) is 0.384. The van der Waals surface area contributed by atoms with Crippen molar-refractivity contribution in [1.82, 2.24) is 0 Å². The molecule has 9 nitrogen and oxygen atoms in total. The number of carboxylic acids is 1. The molecule has 1 aliphatic rings. The van der Waals surface area contributed by atoms with Crippen molar-refractivity contribution in [2.45, 2.75) is 50.5 Å². The van der Waals surface area contributed by atoms with Crippen LogP contribution in [0.4, 0.5) is 0 Å². The van der Waals surface area contributed by atoms with E-state index < -0.39 is 43.3 Å². The summed E-state index contributed by atoms with van der Waals surface area (Å²) in [7, 11) is 0. The van der Waals surface area contributed by atoms with E-state index >= 15 is 0 Å². The van der Waals surface area contributed by atoms with E-state index in [0.29, 0.717) is 18.4 Å². The minimum Gasteiger partial charge on any atom is -0.508 e. The Morgan fingerprint density at radius 1 is 1.20 bits per heavy atom. The molecule has 1 aromatic rings. The summed E-state index contributed by atoms with van der Waals surface area (Å²) in [6.07, 6.45) is -6.62. The van der Waals surface area contributed by atoms with Crippen LogP contribution in [0, 0.1) is 0 Å². The number of carboxylic acid groups (broad SMARTS) is 1. The van der Waals surface area contributed by atoms with Crippen LogP contribution in [0.15, 0.2) is 12.1 Å². The molecule has 1 saturated heterocycles. The molecule has 1 aromatic carbocycles. The lowest BCUT2D eigenvalue weighted by Gasteiger charge is -2.39. The lowest BCUT2D eigenvalue weighted by atomic mass is 9.99. The van der Waals surface area contributed by atoms with E-state index in [2.05, 4.69) is 0 Å². The zero-order chi connectivity index (χ0) is 18.7. The Morgan fingerprint density at radius 3 is 2.44 bits per heavy atom. The molecule has 6 N–H and O–H groups in total. The molecule has 0 spiro atoms. The van der Waals surface area contributed by atoms with Gasteiger partial charge in [-0.15, -0.1) is 0 Å². The second-order valence-corrected chi connectivity index (χ2v) is 5.85. The van der Waals surface area contributed by atoms with Crippen LogP contribution in [-0.2, 0) is 11.2 Å². The summed E-state index contributed by atoms with van der Waals surface area (Å²) in [5, 5.41) is 58.0. The average Bonchev–Trinajstić information content (AvgIpc) is 2.55. The van der Waals surface area contributed by atoms with E-state index in [9.17, 15) is 35.4 Å². The molecule has 1 fully saturated rings. The Labute approximate surface area is 143 Å². The van der Waals surface area contributed by atoms with Crippen molar-refractivity contribution in [2.75, 3.05) is 6.61 Å². The predicted molar refractivity (Wildman–Crippen MR) is 83.5 cm³/mol. The number of phenolic OH excluding ortho intramolecular Hbond substituents is 1. The number of phenols is 1. The van der Waals surface area contributed by atoms with Gasteiger partial charge in [0, 0.05) is 6.07 Å². The Balaban J connectivity index is 2.37. The van der Waals surface area contributed by atoms with Crippen LogP contribution < -0.4 is 4.74 Å². The minimum absolute atomic E-state index is 0.198. The highest BCUT2D eigenvalue weighted by atomic mass is 16.7. The fraction of sp³-hybridized carbons (Fsp3) is 0.562. The first-order chi connectivity index (χ1) is 11.8. The molecule has 1 aliphatic heterocycles. The molecule has 5 unspecified atom stereocenters. The predicted octanol–water partition coefficient (Wildman–Crippen LogP) is -0.778. The van der Waals surface area contributed by atoms with Gasteiger partial charge < -0.3 is 40.1 Å². The Morgan fingerprint density at radius 2 is 1.88 bits per heavy atom. The first kappa shape index (κ1) is 19.4. The summed E-state index contributed by atoms with van der Waals surface area (Å²) in [6, 6.07) is 2.37. The Hall–Kier alpha value is -1.91. The smallest absolute Gasteiger partial charge is 0.339 e. The van der Waals surface area contributed by atoms with Gasteiger partial charge in [-0.25, -0.2) is 4.79 Å². The third-order valence-electron chi connectivity index (χ3n) is 3.99. The Kier molecular flexibility index (Phi) is 6.20. The molecule has 0 aromatic heterocycles. The van der Waals surface area contributed by atoms with Crippen molar-refractivity contribution in [3.05, 3.63) is 23.3 Å². The maximum Gasteiger partial charge on any atom is 0.339 e. The number of benzene rings is 1. The van der Waals surface area contributed by atoms with E-state index in [4.69, 9.17) is 9.47 Å². The van der Waals surface area contributed by atoms with Crippen LogP contribution in [-0.4, -0.2) is 73.9 Å². The van der Waals surface area contributed by atoms with Gasteiger partial charge in [0.15, 0.2) is 0 Å². The number of ether oxygens (including phenoxy) is 2. The molecule has 0 aliphatic carbocycles. The second-order valence-electron chi connectivity index (χ2n) is 5.85. The zero-order valence-corrected chi connectivity index (χ0v) is 13.6. The van der Waals surface area contributed by atoms with Gasteiger partial charge in [0.2, 0.25) is 6.29 Å². The lowest BCUT2D eigenvalue weighted by Crippen LogP contribution is -2.60. The number of aryl methyl sites for hydroxylation is 1. The molecular formula is C16H22O9. The van der Waals surface area contributed by atoms with Crippen LogP contribution in [0.3, 0.4) is 0 Å². The number of aliphatic hydroxyl groups excluding tert-OH is 4. The van der Waals surface area contributed by atoms with Crippen molar-refractivity contribution >= 4 is 5.97 Å². The van der Waals surface area contributed by atoms with E-state index in [1.54, 1.807) is 0 Å². The third-order valence-corrected chi connectivity index (χ3v) is 3.99. The highest BCUT2D eigenvalue weighted by molar-refractivity contribution is 5.93. The van der Waals surface area contributed by atoms with Crippen molar-refractivity contribution in [1.29, 1.82) is 0 Å². The van der Waals surface area contributed by atoms with E-state index in [0.717, 1.165) is 6.07 Å². The van der Waals surface area contributed by atoms with Gasteiger partial charge >= 0.3 is 5.97 Å². The molecule has 0 radical (unpaired) electrons. The van der Waals surface area contributed by atoms with Gasteiger partial charge in [0.25, 0.3) is 0 Å². The van der Waals surface area contributed by atoms with Crippen molar-refractivity contribution in [3.8, 4) is 11.5 Å². The van der Waals surface area contributed by atoms with Crippen LogP contribution in [0.1, 0.15) is 29.3 Å². The molecule has 1 heterocycles. The number of hydrogen-bond donors (Lipinski definition) is 6. The fourth-order valence-electron chi connectivity index (χ4n) is 2.75. The number of hydrogen-bond acceptors (Lipinski definition) is 8. The molecule has 0 amide bonds. The molecule has 0 saturated carbocycles. The highest BCUT2D eigenvalue weighted by Crippen LogP contribution is 2.32. The van der Waals surface area contributed by atoms with Gasteiger partial charge in [-0.1, -0.05) is 13.3 Å². The van der Waals surface area contributed by atoms with Gasteiger partial charge in [0.1, 0.15) is 41.5 Å². The monoisotopic (exact) mass is 358 g/mol. The molecule has 2 rings (SSSR count). The van der Waals surface area contributed by atoms with Crippen LogP contribution in [0.25, 0.3) is 0 Å². The normalized spacial score (nSPS) is 29.4. The summed E-state index contributed by atoms with van der Waals surface area (Å²) in [6.45, 7) is 1.20. The van der Waals surface area contributed by atoms with E-state index in [-0.39, 0.29) is 17.1 Å². The van der Waals surface area contributed by atoms with Crippen LogP contribution in [0.5, 0.6) is 11.5 Å². The first-order valence-corrected chi connectivity index (χ1v) is 7.86. The number of carbonyl (C=O) groups is 1. The molecular weight excluding hydrogens is 336 g/mol. The van der Waals surface area contributed by atoms with Crippen molar-refractivity contribution in [2.24, 2.45) is 0 Å². The lowest BCUT2D eigenvalue weighted by molar-refractivity contribution is -0.277. The maximum absolute atomic E-state index is 11.6. The topological polar surface area (TPSA) is 157 Å². The van der Waals surface area contributed by atoms with Crippen molar-refractivity contribution in [3.63, 3.8) is 0 Å². The first-order valence-electron chi connectivity index (χ1n) is 7.86. The SMILES string of the molecule is CCCc1cc(O)cc(OC2OC(CO)C(O)C(O)C2O)c1C(=O)O. The minimum atomic E-state index is -1.68. The summed E-state index contributed by atoms with van der Waals surface area (Å²) >= 11 is 0. The molecule has 140 valence electrons. The zero-order valence-electron chi connectivity index (χ0n) is 13.6. The molecule has 9 heteroatoms. The van der Waals surface area contributed by atoms with E-state index in [1.165, 1.54) is 6.07 Å².